The SMILES string of the molecule is O=c1[nH]c(=O)n([C@H]2C=C[C@@H](CO)C2)cc1I. The lowest BCUT2D eigenvalue weighted by Gasteiger charge is -2.13. The minimum atomic E-state index is -0.404. The van der Waals surface area contributed by atoms with E-state index in [2.05, 4.69) is 4.98 Å². The van der Waals surface area contributed by atoms with Crippen LogP contribution in [0.15, 0.2) is 27.9 Å². The molecule has 0 fully saturated rings. The van der Waals surface area contributed by atoms with Crippen molar-refractivity contribution in [3.8, 4) is 0 Å². The zero-order valence-corrected chi connectivity index (χ0v) is 10.5. The minimum Gasteiger partial charge on any atom is -0.396 e. The molecular weight excluding hydrogens is 323 g/mol. The van der Waals surface area contributed by atoms with Gasteiger partial charge in [0.2, 0.25) is 0 Å². The first-order valence-electron chi connectivity index (χ1n) is 4.92. The number of hydrogen-bond donors (Lipinski definition) is 2. The molecule has 2 rings (SSSR count). The van der Waals surface area contributed by atoms with Gasteiger partial charge in [-0.3, -0.25) is 14.3 Å². The van der Waals surface area contributed by atoms with Gasteiger partial charge in [-0.05, 0) is 29.0 Å². The molecule has 1 aliphatic rings. The largest absolute Gasteiger partial charge is 0.396 e. The number of H-pyrrole nitrogens is 1. The molecule has 1 aromatic heterocycles. The molecule has 0 saturated carbocycles. The summed E-state index contributed by atoms with van der Waals surface area (Å²) in [6.07, 6.45) is 6.03. The van der Waals surface area contributed by atoms with E-state index in [9.17, 15) is 9.59 Å². The van der Waals surface area contributed by atoms with E-state index in [1.54, 1.807) is 6.20 Å². The molecule has 0 saturated heterocycles. The maximum absolute atomic E-state index is 11.6. The van der Waals surface area contributed by atoms with Gasteiger partial charge in [0.1, 0.15) is 0 Å². The molecule has 86 valence electrons. The van der Waals surface area contributed by atoms with Gasteiger partial charge in [0, 0.05) is 18.7 Å². The van der Waals surface area contributed by atoms with Gasteiger partial charge in [-0.15, -0.1) is 0 Å². The van der Waals surface area contributed by atoms with Crippen molar-refractivity contribution in [1.82, 2.24) is 9.55 Å². The molecule has 16 heavy (non-hydrogen) atoms. The average molecular weight is 334 g/mol. The van der Waals surface area contributed by atoms with Gasteiger partial charge in [-0.2, -0.15) is 0 Å². The standard InChI is InChI=1S/C10H11IN2O3/c11-8-4-13(10(16)12-9(8)15)7-2-1-6(3-7)5-14/h1-2,4,6-7,14H,3,5H2,(H,12,15,16)/t6-,7+/m1/s1. The Morgan fingerprint density at radius 2 is 2.25 bits per heavy atom. The number of nitrogens with one attached hydrogen (secondary N) is 1. The lowest BCUT2D eigenvalue weighted by atomic mass is 10.1. The summed E-state index contributed by atoms with van der Waals surface area (Å²) in [4.78, 5) is 25.0. The van der Waals surface area contributed by atoms with Gasteiger partial charge in [-0.1, -0.05) is 12.2 Å². The van der Waals surface area contributed by atoms with Crippen molar-refractivity contribution in [1.29, 1.82) is 0 Å². The second-order valence-corrected chi connectivity index (χ2v) is 4.94. The molecule has 0 radical (unpaired) electrons. The summed E-state index contributed by atoms with van der Waals surface area (Å²) >= 11 is 1.89. The maximum atomic E-state index is 11.6. The molecule has 0 aromatic carbocycles. The van der Waals surface area contributed by atoms with Gasteiger partial charge in [0.05, 0.1) is 9.61 Å². The van der Waals surface area contributed by atoms with Crippen LogP contribution in [-0.4, -0.2) is 21.3 Å². The van der Waals surface area contributed by atoms with Crippen LogP contribution in [0.5, 0.6) is 0 Å². The molecule has 1 aromatic rings. The Balaban J connectivity index is 2.36. The Labute approximate surface area is 105 Å². The summed E-state index contributed by atoms with van der Waals surface area (Å²) < 4.78 is 1.98. The molecule has 6 heteroatoms. The highest BCUT2D eigenvalue weighted by Gasteiger charge is 2.20. The number of rotatable bonds is 2. The van der Waals surface area contributed by atoms with Gasteiger partial charge in [0.15, 0.2) is 0 Å². The van der Waals surface area contributed by atoms with Crippen LogP contribution in [0.2, 0.25) is 0 Å². The zero-order chi connectivity index (χ0) is 11.7. The van der Waals surface area contributed by atoms with Crippen LogP contribution in [0.25, 0.3) is 0 Å². The van der Waals surface area contributed by atoms with Crippen LogP contribution in [-0.2, 0) is 0 Å². The number of allylic oxidation sites excluding steroid dienone is 1. The maximum Gasteiger partial charge on any atom is 0.328 e. The topological polar surface area (TPSA) is 75.1 Å². The normalized spacial score (nSPS) is 23.9. The number of hydrogen-bond acceptors (Lipinski definition) is 3. The van der Waals surface area contributed by atoms with E-state index in [1.165, 1.54) is 4.57 Å². The van der Waals surface area contributed by atoms with Crippen molar-refractivity contribution in [3.63, 3.8) is 0 Å². The lowest BCUT2D eigenvalue weighted by Crippen LogP contribution is -2.32. The Hall–Kier alpha value is -0.890. The van der Waals surface area contributed by atoms with E-state index < -0.39 is 5.69 Å². The van der Waals surface area contributed by atoms with Crippen LogP contribution in [0.1, 0.15) is 12.5 Å². The number of aromatic nitrogens is 2. The summed E-state index contributed by atoms with van der Waals surface area (Å²) in [7, 11) is 0. The van der Waals surface area contributed by atoms with Crippen molar-refractivity contribution in [2.75, 3.05) is 6.61 Å². The van der Waals surface area contributed by atoms with Crippen molar-refractivity contribution >= 4 is 22.6 Å². The van der Waals surface area contributed by atoms with Gasteiger partial charge < -0.3 is 5.11 Å². The van der Waals surface area contributed by atoms with E-state index in [4.69, 9.17) is 5.11 Å². The third kappa shape index (κ3) is 2.12. The molecular formula is C10H11IN2O3. The van der Waals surface area contributed by atoms with Crippen LogP contribution in [0, 0.1) is 9.49 Å². The van der Waals surface area contributed by atoms with E-state index in [1.807, 2.05) is 34.7 Å². The zero-order valence-electron chi connectivity index (χ0n) is 8.39. The summed E-state index contributed by atoms with van der Waals surface area (Å²) in [6.45, 7) is 0.0855. The molecule has 0 aliphatic heterocycles. The third-order valence-electron chi connectivity index (χ3n) is 2.67. The highest BCUT2D eigenvalue weighted by molar-refractivity contribution is 14.1. The van der Waals surface area contributed by atoms with Crippen LogP contribution in [0.4, 0.5) is 0 Å². The smallest absolute Gasteiger partial charge is 0.328 e. The highest BCUT2D eigenvalue weighted by atomic mass is 127. The molecule has 2 atom stereocenters. The Kier molecular flexibility index (Phi) is 3.29. The van der Waals surface area contributed by atoms with Crippen molar-refractivity contribution < 1.29 is 5.11 Å². The highest BCUT2D eigenvalue weighted by Crippen LogP contribution is 2.25. The molecule has 1 aliphatic carbocycles. The van der Waals surface area contributed by atoms with Crippen LogP contribution >= 0.6 is 22.6 Å². The second-order valence-electron chi connectivity index (χ2n) is 3.77. The Bertz CT molecular complexity index is 532. The lowest BCUT2D eigenvalue weighted by molar-refractivity contribution is 0.243. The predicted octanol–water partition coefficient (Wildman–Crippen LogP) is 0.251. The van der Waals surface area contributed by atoms with E-state index in [-0.39, 0.29) is 24.1 Å². The van der Waals surface area contributed by atoms with E-state index in [0.29, 0.717) is 9.99 Å². The number of aliphatic hydroxyl groups excluding tert-OH is 1. The second kappa shape index (κ2) is 4.54. The first-order chi connectivity index (χ1) is 7.61. The summed E-state index contributed by atoms with van der Waals surface area (Å²) in [5.74, 6) is 0.0986. The molecule has 5 nitrogen and oxygen atoms in total. The Morgan fingerprint density at radius 1 is 1.50 bits per heavy atom. The minimum absolute atomic E-state index is 0.0741. The summed E-state index contributed by atoms with van der Waals surface area (Å²) in [5.41, 5.74) is -0.763. The number of nitrogens with zero attached hydrogens (tertiary/aromatic N) is 1. The average Bonchev–Trinajstić information content (AvgIpc) is 2.71. The predicted molar refractivity (Wildman–Crippen MR) is 67.4 cm³/mol. The first kappa shape index (κ1) is 11.6. The molecule has 1 heterocycles. The third-order valence-corrected chi connectivity index (χ3v) is 3.43. The monoisotopic (exact) mass is 334 g/mol. The molecule has 2 N–H and O–H groups in total. The van der Waals surface area contributed by atoms with Gasteiger partial charge in [0.25, 0.3) is 5.56 Å². The van der Waals surface area contributed by atoms with E-state index >= 15 is 0 Å². The van der Waals surface area contributed by atoms with E-state index in [0.717, 1.165) is 0 Å². The quantitative estimate of drug-likeness (QED) is 0.601. The number of aromatic amines is 1. The molecule has 0 bridgehead atoms. The van der Waals surface area contributed by atoms with Gasteiger partial charge >= 0.3 is 5.69 Å². The number of halogens is 1. The summed E-state index contributed by atoms with van der Waals surface area (Å²) in [6, 6.07) is -0.0741. The molecule has 0 spiro atoms. The molecule has 0 amide bonds. The van der Waals surface area contributed by atoms with Crippen molar-refractivity contribution in [3.05, 3.63) is 42.8 Å². The first-order valence-corrected chi connectivity index (χ1v) is 6.00. The fraction of sp³-hybridized carbons (Fsp3) is 0.400. The fourth-order valence-electron chi connectivity index (χ4n) is 1.80. The van der Waals surface area contributed by atoms with Crippen molar-refractivity contribution in [2.45, 2.75) is 12.5 Å². The molecule has 0 unspecified atom stereocenters. The summed E-state index contributed by atoms with van der Waals surface area (Å²) in [5, 5.41) is 9.00. The van der Waals surface area contributed by atoms with Crippen LogP contribution < -0.4 is 11.2 Å². The Morgan fingerprint density at radius 3 is 2.88 bits per heavy atom. The fourth-order valence-corrected chi connectivity index (χ4v) is 2.24. The number of aliphatic hydroxyl groups is 1. The van der Waals surface area contributed by atoms with Gasteiger partial charge in [-0.25, -0.2) is 4.79 Å². The van der Waals surface area contributed by atoms with Crippen LogP contribution in [0.3, 0.4) is 0 Å². The van der Waals surface area contributed by atoms with Crippen molar-refractivity contribution in [2.24, 2.45) is 5.92 Å².